The molecule has 1 N–H and O–H groups in total. The van der Waals surface area contributed by atoms with E-state index in [0.717, 1.165) is 38.8 Å². The Morgan fingerprint density at radius 2 is 2.26 bits per heavy atom. The zero-order valence-electron chi connectivity index (χ0n) is 13.9. The quantitative estimate of drug-likeness (QED) is 0.842. The Morgan fingerprint density at radius 3 is 2.91 bits per heavy atom. The minimum Gasteiger partial charge on any atom is -0.323 e. The molecule has 1 aromatic rings. The summed E-state index contributed by atoms with van der Waals surface area (Å²) in [6.45, 7) is 6.09. The van der Waals surface area contributed by atoms with E-state index >= 15 is 0 Å². The van der Waals surface area contributed by atoms with Crippen molar-refractivity contribution in [3.63, 3.8) is 0 Å². The number of carbonyl (C=O) groups is 2. The van der Waals surface area contributed by atoms with Crippen molar-refractivity contribution in [1.29, 1.82) is 0 Å². The first-order valence-electron chi connectivity index (χ1n) is 8.45. The second-order valence-corrected chi connectivity index (χ2v) is 7.68. The summed E-state index contributed by atoms with van der Waals surface area (Å²) in [5, 5.41) is 5.07. The molecule has 6 heteroatoms. The highest BCUT2D eigenvalue weighted by Gasteiger charge is 2.54. The van der Waals surface area contributed by atoms with Crippen LogP contribution in [-0.4, -0.2) is 40.5 Å². The Bertz CT molecular complexity index is 574. The van der Waals surface area contributed by atoms with Crippen molar-refractivity contribution in [2.45, 2.75) is 51.6 Å². The number of imide groups is 1. The van der Waals surface area contributed by atoms with Gasteiger partial charge in [-0.15, -0.1) is 11.3 Å². The van der Waals surface area contributed by atoms with Gasteiger partial charge in [0, 0.05) is 11.4 Å². The van der Waals surface area contributed by atoms with Crippen LogP contribution in [0.5, 0.6) is 0 Å². The molecule has 2 heterocycles. The van der Waals surface area contributed by atoms with E-state index in [2.05, 4.69) is 35.5 Å². The van der Waals surface area contributed by atoms with Crippen LogP contribution in [0, 0.1) is 5.92 Å². The minimum atomic E-state index is -0.655. The number of thiophene rings is 1. The van der Waals surface area contributed by atoms with E-state index in [1.165, 1.54) is 9.78 Å². The molecule has 5 nitrogen and oxygen atoms in total. The molecule has 23 heavy (non-hydrogen) atoms. The number of nitrogens with one attached hydrogen (secondary N) is 1. The maximum absolute atomic E-state index is 13.0. The van der Waals surface area contributed by atoms with Gasteiger partial charge in [0.05, 0.1) is 6.67 Å². The zero-order chi connectivity index (χ0) is 16.4. The summed E-state index contributed by atoms with van der Waals surface area (Å²) in [4.78, 5) is 30.2. The molecular weight excluding hydrogens is 310 g/mol. The van der Waals surface area contributed by atoms with E-state index in [1.807, 2.05) is 6.07 Å². The van der Waals surface area contributed by atoms with E-state index in [9.17, 15) is 9.59 Å². The lowest BCUT2D eigenvalue weighted by Gasteiger charge is -2.37. The number of nitrogens with zero attached hydrogens (tertiary/aromatic N) is 2. The number of hydrogen-bond acceptors (Lipinski definition) is 4. The molecule has 0 aromatic carbocycles. The maximum atomic E-state index is 13.0. The molecule has 126 valence electrons. The second-order valence-electron chi connectivity index (χ2n) is 6.65. The maximum Gasteiger partial charge on any atom is 0.326 e. The van der Waals surface area contributed by atoms with Crippen LogP contribution in [-0.2, 0) is 11.3 Å². The molecule has 3 rings (SSSR count). The molecule has 1 saturated carbocycles. The predicted octanol–water partition coefficient (Wildman–Crippen LogP) is 3.03. The van der Waals surface area contributed by atoms with Gasteiger partial charge in [-0.1, -0.05) is 32.8 Å². The SMILES string of the molecule is CCN(Cc1cccs1)CN1C(=O)NC2(CCCCC2C)C1=O. The third-order valence-electron chi connectivity index (χ3n) is 5.25. The van der Waals surface area contributed by atoms with Crippen molar-refractivity contribution >= 4 is 23.3 Å². The van der Waals surface area contributed by atoms with Gasteiger partial charge < -0.3 is 5.32 Å². The predicted molar refractivity (Wildman–Crippen MR) is 91.0 cm³/mol. The van der Waals surface area contributed by atoms with Crippen molar-refractivity contribution in [3.05, 3.63) is 22.4 Å². The summed E-state index contributed by atoms with van der Waals surface area (Å²) in [5.74, 6) is 0.185. The fourth-order valence-corrected chi connectivity index (χ4v) is 4.45. The van der Waals surface area contributed by atoms with Gasteiger partial charge >= 0.3 is 6.03 Å². The average molecular weight is 335 g/mol. The van der Waals surface area contributed by atoms with Gasteiger partial charge in [0.2, 0.25) is 0 Å². The van der Waals surface area contributed by atoms with E-state index in [-0.39, 0.29) is 17.9 Å². The molecule has 1 spiro atoms. The normalized spacial score (nSPS) is 28.0. The van der Waals surface area contributed by atoms with Crippen molar-refractivity contribution in [3.8, 4) is 0 Å². The van der Waals surface area contributed by atoms with Gasteiger partial charge in [-0.2, -0.15) is 0 Å². The number of carbonyl (C=O) groups excluding carboxylic acids is 2. The van der Waals surface area contributed by atoms with Gasteiger partial charge in [-0.05, 0) is 36.8 Å². The number of rotatable bonds is 5. The van der Waals surface area contributed by atoms with Gasteiger partial charge in [0.15, 0.2) is 0 Å². The number of urea groups is 1. The number of amides is 3. The Labute approximate surface area is 141 Å². The minimum absolute atomic E-state index is 0.0284. The molecule has 2 atom stereocenters. The van der Waals surface area contributed by atoms with Gasteiger partial charge in [0.25, 0.3) is 5.91 Å². The molecule has 0 bridgehead atoms. The Kier molecular flexibility index (Phi) is 4.73. The molecule has 1 aromatic heterocycles. The van der Waals surface area contributed by atoms with Crippen LogP contribution in [0.2, 0.25) is 0 Å². The lowest BCUT2D eigenvalue weighted by atomic mass is 9.73. The summed E-state index contributed by atoms with van der Waals surface area (Å²) >= 11 is 1.70. The molecule has 2 unspecified atom stereocenters. The third-order valence-corrected chi connectivity index (χ3v) is 6.11. The first-order chi connectivity index (χ1) is 11.1. The smallest absolute Gasteiger partial charge is 0.323 e. The Balaban J connectivity index is 1.72. The monoisotopic (exact) mass is 335 g/mol. The highest BCUT2D eigenvalue weighted by Crippen LogP contribution is 2.38. The lowest BCUT2D eigenvalue weighted by molar-refractivity contribution is -0.135. The van der Waals surface area contributed by atoms with Gasteiger partial charge in [-0.25, -0.2) is 9.69 Å². The largest absolute Gasteiger partial charge is 0.326 e. The summed E-state index contributed by atoms with van der Waals surface area (Å²) in [5.41, 5.74) is -0.655. The van der Waals surface area contributed by atoms with Crippen LogP contribution in [0.3, 0.4) is 0 Å². The zero-order valence-corrected chi connectivity index (χ0v) is 14.7. The number of hydrogen-bond donors (Lipinski definition) is 1. The summed E-state index contributed by atoms with van der Waals surface area (Å²) in [7, 11) is 0. The van der Waals surface area contributed by atoms with E-state index in [4.69, 9.17) is 0 Å². The summed E-state index contributed by atoms with van der Waals surface area (Å²) in [6, 6.07) is 3.89. The molecule has 1 aliphatic heterocycles. The Morgan fingerprint density at radius 1 is 1.43 bits per heavy atom. The highest BCUT2D eigenvalue weighted by atomic mass is 32.1. The van der Waals surface area contributed by atoms with Crippen molar-refractivity contribution in [2.24, 2.45) is 5.92 Å². The molecule has 2 aliphatic rings. The average Bonchev–Trinajstić information content (AvgIpc) is 3.12. The van der Waals surface area contributed by atoms with Crippen molar-refractivity contribution in [2.75, 3.05) is 13.2 Å². The fourth-order valence-electron chi connectivity index (χ4n) is 3.71. The fraction of sp³-hybridized carbons (Fsp3) is 0.647. The first-order valence-corrected chi connectivity index (χ1v) is 9.33. The molecule has 3 amide bonds. The van der Waals surface area contributed by atoms with Crippen LogP contribution in [0.25, 0.3) is 0 Å². The van der Waals surface area contributed by atoms with E-state index in [1.54, 1.807) is 11.3 Å². The molecule has 0 radical (unpaired) electrons. The standard InChI is InChI=1S/C17H25N3O2S/c1-3-19(11-14-8-6-10-23-14)12-20-15(21)17(18-16(20)22)9-5-4-7-13(17)2/h6,8,10,13H,3-5,7,9,11-12H2,1-2H3,(H,18,22). The highest BCUT2D eigenvalue weighted by molar-refractivity contribution is 7.09. The van der Waals surface area contributed by atoms with Crippen molar-refractivity contribution < 1.29 is 9.59 Å². The van der Waals surface area contributed by atoms with E-state index < -0.39 is 5.54 Å². The van der Waals surface area contributed by atoms with Crippen LogP contribution < -0.4 is 5.32 Å². The first kappa shape index (κ1) is 16.5. The Hall–Kier alpha value is -1.40. The van der Waals surface area contributed by atoms with Gasteiger partial charge in [0.1, 0.15) is 5.54 Å². The molecular formula is C17H25N3O2S. The molecule has 1 aliphatic carbocycles. The van der Waals surface area contributed by atoms with Crippen LogP contribution in [0.4, 0.5) is 4.79 Å². The van der Waals surface area contributed by atoms with Crippen LogP contribution in [0.1, 0.15) is 44.4 Å². The summed E-state index contributed by atoms with van der Waals surface area (Å²) < 4.78 is 0. The van der Waals surface area contributed by atoms with Crippen LogP contribution >= 0.6 is 11.3 Å². The second kappa shape index (κ2) is 6.61. The molecule has 2 fully saturated rings. The van der Waals surface area contributed by atoms with E-state index in [0.29, 0.717) is 6.67 Å². The van der Waals surface area contributed by atoms with Crippen LogP contribution in [0.15, 0.2) is 17.5 Å². The lowest BCUT2D eigenvalue weighted by Crippen LogP contribution is -2.54. The summed E-state index contributed by atoms with van der Waals surface area (Å²) in [6.07, 6.45) is 3.93. The van der Waals surface area contributed by atoms with Crippen molar-refractivity contribution in [1.82, 2.24) is 15.1 Å². The molecule has 1 saturated heterocycles. The topological polar surface area (TPSA) is 52.6 Å². The van der Waals surface area contributed by atoms with Gasteiger partial charge in [-0.3, -0.25) is 9.69 Å². The third kappa shape index (κ3) is 3.02.